The van der Waals surface area contributed by atoms with Gasteiger partial charge < -0.3 is 15.8 Å². The number of nitrogen functional groups attached to an aromatic ring is 1. The Labute approximate surface area is 124 Å². The number of aromatic nitrogens is 1. The molecule has 0 fully saturated rings. The summed E-state index contributed by atoms with van der Waals surface area (Å²) >= 11 is 1.07. The SMILES string of the molecule is COCCCCCNc1snc(N)c1S(=O)(=O)N(C)C. The van der Waals surface area contributed by atoms with Gasteiger partial charge in [-0.15, -0.1) is 0 Å². The Hall–Kier alpha value is -0.900. The van der Waals surface area contributed by atoms with Crippen molar-refractivity contribution in [3.63, 3.8) is 0 Å². The number of ether oxygens (including phenoxy) is 1. The summed E-state index contributed by atoms with van der Waals surface area (Å²) in [4.78, 5) is 0.0735. The van der Waals surface area contributed by atoms with Crippen LogP contribution in [0.1, 0.15) is 19.3 Å². The molecule has 1 aromatic heterocycles. The van der Waals surface area contributed by atoms with Crippen LogP contribution in [-0.2, 0) is 14.8 Å². The van der Waals surface area contributed by atoms with Crippen molar-refractivity contribution in [2.24, 2.45) is 0 Å². The highest BCUT2D eigenvalue weighted by Gasteiger charge is 2.27. The van der Waals surface area contributed by atoms with E-state index in [9.17, 15) is 8.42 Å². The van der Waals surface area contributed by atoms with E-state index in [4.69, 9.17) is 10.5 Å². The van der Waals surface area contributed by atoms with Gasteiger partial charge in [-0.1, -0.05) is 0 Å². The monoisotopic (exact) mass is 322 g/mol. The maximum atomic E-state index is 12.2. The van der Waals surface area contributed by atoms with Gasteiger partial charge in [0, 0.05) is 34.4 Å². The molecule has 1 rings (SSSR count). The highest BCUT2D eigenvalue weighted by Crippen LogP contribution is 2.32. The van der Waals surface area contributed by atoms with E-state index in [2.05, 4.69) is 9.69 Å². The Kier molecular flexibility index (Phi) is 6.66. The van der Waals surface area contributed by atoms with Gasteiger partial charge in [-0.2, -0.15) is 4.37 Å². The van der Waals surface area contributed by atoms with Crippen LogP contribution in [0.3, 0.4) is 0 Å². The fourth-order valence-corrected chi connectivity index (χ4v) is 3.69. The molecule has 7 nitrogen and oxygen atoms in total. The van der Waals surface area contributed by atoms with Gasteiger partial charge in [-0.05, 0) is 30.8 Å². The summed E-state index contributed by atoms with van der Waals surface area (Å²) in [5, 5.41) is 3.60. The summed E-state index contributed by atoms with van der Waals surface area (Å²) in [6.07, 6.45) is 2.94. The molecule has 0 aromatic carbocycles. The minimum absolute atomic E-state index is 0.0468. The van der Waals surface area contributed by atoms with E-state index < -0.39 is 10.0 Å². The molecule has 1 heterocycles. The Balaban J connectivity index is 2.64. The topological polar surface area (TPSA) is 97.5 Å². The van der Waals surface area contributed by atoms with E-state index in [1.165, 1.54) is 14.1 Å². The molecule has 1 aromatic rings. The standard InChI is InChI=1S/C11H22N4O3S2/c1-15(2)20(16,17)9-10(12)14-19-11(9)13-7-5-4-6-8-18-3/h13H,4-8H2,1-3H3,(H2,12,14). The molecule has 3 N–H and O–H groups in total. The molecule has 0 spiro atoms. The van der Waals surface area contributed by atoms with Crippen molar-refractivity contribution in [1.29, 1.82) is 0 Å². The van der Waals surface area contributed by atoms with E-state index in [0.717, 1.165) is 41.7 Å². The first-order chi connectivity index (χ1) is 9.41. The van der Waals surface area contributed by atoms with Crippen molar-refractivity contribution in [2.45, 2.75) is 24.2 Å². The van der Waals surface area contributed by atoms with Crippen molar-refractivity contribution in [3.8, 4) is 0 Å². The minimum atomic E-state index is -3.57. The zero-order chi connectivity index (χ0) is 15.2. The van der Waals surface area contributed by atoms with Gasteiger partial charge in [0.05, 0.1) is 0 Å². The van der Waals surface area contributed by atoms with Crippen LogP contribution in [0.2, 0.25) is 0 Å². The molecule has 116 valence electrons. The second-order valence-corrected chi connectivity index (χ2v) is 7.36. The van der Waals surface area contributed by atoms with Gasteiger partial charge in [0.1, 0.15) is 5.00 Å². The molecular formula is C11H22N4O3S2. The van der Waals surface area contributed by atoms with E-state index in [1.54, 1.807) is 7.11 Å². The zero-order valence-electron chi connectivity index (χ0n) is 12.0. The Morgan fingerprint density at radius 2 is 2.05 bits per heavy atom. The summed E-state index contributed by atoms with van der Waals surface area (Å²) in [5.74, 6) is 0.0468. The summed E-state index contributed by atoms with van der Waals surface area (Å²) in [7, 11) is 1.05. The minimum Gasteiger partial charge on any atom is -0.385 e. The molecule has 0 bridgehead atoms. The second kappa shape index (κ2) is 7.77. The van der Waals surface area contributed by atoms with E-state index in [0.29, 0.717) is 11.5 Å². The van der Waals surface area contributed by atoms with E-state index >= 15 is 0 Å². The van der Waals surface area contributed by atoms with Crippen LogP contribution in [0.4, 0.5) is 10.8 Å². The third-order valence-electron chi connectivity index (χ3n) is 2.72. The van der Waals surface area contributed by atoms with Crippen molar-refractivity contribution in [2.75, 3.05) is 45.4 Å². The second-order valence-electron chi connectivity index (χ2n) is 4.49. The van der Waals surface area contributed by atoms with Gasteiger partial charge in [-0.25, -0.2) is 12.7 Å². The number of rotatable bonds is 9. The van der Waals surface area contributed by atoms with Gasteiger partial charge in [-0.3, -0.25) is 0 Å². The maximum absolute atomic E-state index is 12.2. The highest BCUT2D eigenvalue weighted by atomic mass is 32.2. The van der Waals surface area contributed by atoms with Crippen LogP contribution in [-0.4, -0.2) is 51.5 Å². The van der Waals surface area contributed by atoms with Crippen LogP contribution < -0.4 is 11.1 Å². The first-order valence-electron chi connectivity index (χ1n) is 6.31. The van der Waals surface area contributed by atoms with Crippen molar-refractivity contribution < 1.29 is 13.2 Å². The molecule has 0 aliphatic carbocycles. The van der Waals surface area contributed by atoms with Gasteiger partial charge in [0.25, 0.3) is 0 Å². The fraction of sp³-hybridized carbons (Fsp3) is 0.727. The molecule has 0 atom stereocenters. The molecule has 0 aliphatic heterocycles. The average molecular weight is 322 g/mol. The Morgan fingerprint density at radius 3 is 2.65 bits per heavy atom. The molecular weight excluding hydrogens is 300 g/mol. The zero-order valence-corrected chi connectivity index (χ0v) is 13.7. The molecule has 0 saturated heterocycles. The average Bonchev–Trinajstić information content (AvgIpc) is 2.75. The van der Waals surface area contributed by atoms with Crippen LogP contribution in [0.15, 0.2) is 4.90 Å². The normalized spacial score (nSPS) is 12.0. The predicted molar refractivity (Wildman–Crippen MR) is 81.6 cm³/mol. The maximum Gasteiger partial charge on any atom is 0.249 e. The predicted octanol–water partition coefficient (Wildman–Crippen LogP) is 1.20. The lowest BCUT2D eigenvalue weighted by Gasteiger charge is -2.12. The fourth-order valence-electron chi connectivity index (χ4n) is 1.59. The number of sulfonamides is 1. The molecule has 0 radical (unpaired) electrons. The number of methoxy groups -OCH3 is 1. The number of hydrogen-bond donors (Lipinski definition) is 2. The van der Waals surface area contributed by atoms with Crippen LogP contribution >= 0.6 is 11.5 Å². The summed E-state index contributed by atoms with van der Waals surface area (Å²) in [6.45, 7) is 1.43. The smallest absolute Gasteiger partial charge is 0.249 e. The third kappa shape index (κ3) is 4.30. The highest BCUT2D eigenvalue weighted by molar-refractivity contribution is 7.89. The van der Waals surface area contributed by atoms with Crippen LogP contribution in [0.25, 0.3) is 0 Å². The molecule has 0 unspecified atom stereocenters. The lowest BCUT2D eigenvalue weighted by molar-refractivity contribution is 0.192. The van der Waals surface area contributed by atoms with Crippen molar-refractivity contribution in [3.05, 3.63) is 0 Å². The molecule has 9 heteroatoms. The van der Waals surface area contributed by atoms with Gasteiger partial charge >= 0.3 is 0 Å². The summed E-state index contributed by atoms with van der Waals surface area (Å²) < 4.78 is 34.4. The molecule has 0 aliphatic rings. The van der Waals surface area contributed by atoms with Crippen molar-refractivity contribution >= 4 is 32.4 Å². The van der Waals surface area contributed by atoms with Gasteiger partial charge in [0.2, 0.25) is 10.0 Å². The molecule has 0 saturated carbocycles. The summed E-state index contributed by atoms with van der Waals surface area (Å²) in [5.41, 5.74) is 5.67. The third-order valence-corrected chi connectivity index (χ3v) is 5.56. The van der Waals surface area contributed by atoms with Crippen molar-refractivity contribution in [1.82, 2.24) is 8.68 Å². The number of anilines is 2. The number of nitrogens with zero attached hydrogens (tertiary/aromatic N) is 2. The lowest BCUT2D eigenvalue weighted by Crippen LogP contribution is -2.23. The quantitative estimate of drug-likeness (QED) is 0.663. The number of hydrogen-bond acceptors (Lipinski definition) is 7. The van der Waals surface area contributed by atoms with E-state index in [1.807, 2.05) is 0 Å². The van der Waals surface area contributed by atoms with Crippen LogP contribution in [0.5, 0.6) is 0 Å². The molecule has 20 heavy (non-hydrogen) atoms. The largest absolute Gasteiger partial charge is 0.385 e. The lowest BCUT2D eigenvalue weighted by atomic mass is 10.2. The number of nitrogens with two attached hydrogens (primary N) is 1. The Bertz CT molecular complexity index is 514. The Morgan fingerprint density at radius 1 is 1.35 bits per heavy atom. The summed E-state index contributed by atoms with van der Waals surface area (Å²) in [6, 6.07) is 0. The van der Waals surface area contributed by atoms with E-state index in [-0.39, 0.29) is 10.7 Å². The number of nitrogens with one attached hydrogen (secondary N) is 1. The molecule has 0 amide bonds. The first-order valence-corrected chi connectivity index (χ1v) is 8.53. The first kappa shape index (κ1) is 17.2. The van der Waals surface area contributed by atoms with Crippen LogP contribution in [0, 0.1) is 0 Å². The number of unbranched alkanes of at least 4 members (excludes halogenated alkanes) is 2. The van der Waals surface area contributed by atoms with Gasteiger partial charge in [0.15, 0.2) is 10.7 Å².